The van der Waals surface area contributed by atoms with Crippen molar-refractivity contribution in [3.63, 3.8) is 0 Å². The molecule has 1 amide bonds. The molecule has 0 aromatic heterocycles. The molecule has 2 N–H and O–H groups in total. The summed E-state index contributed by atoms with van der Waals surface area (Å²) in [6, 6.07) is 13.6. The van der Waals surface area contributed by atoms with Crippen LogP contribution in [0.1, 0.15) is 47.4 Å². The number of hydrogen-bond donors (Lipinski definition) is 2. The van der Waals surface area contributed by atoms with Crippen molar-refractivity contribution in [3.8, 4) is 5.75 Å². The topological polar surface area (TPSA) is 76.7 Å². The third kappa shape index (κ3) is 6.66. The predicted molar refractivity (Wildman–Crippen MR) is 113 cm³/mol. The van der Waals surface area contributed by atoms with E-state index in [1.807, 2.05) is 13.8 Å². The molecule has 0 saturated heterocycles. The first kappa shape index (κ1) is 21.4. The standard InChI is InChI=1S/C21H24N2O4S/c1-3-12-26-18-7-5-6-16(14-18)19(24)23-21(28)22-17-10-8-15(9-11-17)20(25)27-13-4-2/h5-11,14H,3-4,12-13H2,1-2H3,(H2,22,23,24,28). The summed E-state index contributed by atoms with van der Waals surface area (Å²) in [7, 11) is 0. The van der Waals surface area contributed by atoms with Crippen LogP contribution in [-0.2, 0) is 4.74 Å². The van der Waals surface area contributed by atoms with E-state index in [9.17, 15) is 9.59 Å². The van der Waals surface area contributed by atoms with E-state index < -0.39 is 0 Å². The van der Waals surface area contributed by atoms with Gasteiger partial charge in [0.2, 0.25) is 0 Å². The van der Waals surface area contributed by atoms with Crippen molar-refractivity contribution < 1.29 is 19.1 Å². The quantitative estimate of drug-likeness (QED) is 0.512. The molecule has 7 heteroatoms. The molecule has 148 valence electrons. The van der Waals surface area contributed by atoms with E-state index in [0.29, 0.717) is 35.8 Å². The van der Waals surface area contributed by atoms with Gasteiger partial charge in [0.1, 0.15) is 5.75 Å². The number of ether oxygens (including phenoxy) is 2. The minimum Gasteiger partial charge on any atom is -0.494 e. The molecule has 6 nitrogen and oxygen atoms in total. The van der Waals surface area contributed by atoms with Crippen LogP contribution in [0.2, 0.25) is 0 Å². The fourth-order valence-corrected chi connectivity index (χ4v) is 2.46. The summed E-state index contributed by atoms with van der Waals surface area (Å²) in [5.41, 5.74) is 1.56. The van der Waals surface area contributed by atoms with Crippen LogP contribution in [-0.4, -0.2) is 30.2 Å². The van der Waals surface area contributed by atoms with Crippen molar-refractivity contribution in [2.45, 2.75) is 26.7 Å². The first-order valence-electron chi connectivity index (χ1n) is 9.15. The highest BCUT2D eigenvalue weighted by Crippen LogP contribution is 2.14. The van der Waals surface area contributed by atoms with Crippen LogP contribution in [0, 0.1) is 0 Å². The Morgan fingerprint density at radius 2 is 1.68 bits per heavy atom. The van der Waals surface area contributed by atoms with Gasteiger partial charge in [-0.1, -0.05) is 19.9 Å². The number of nitrogens with one attached hydrogen (secondary N) is 2. The molecule has 2 aromatic carbocycles. The lowest BCUT2D eigenvalue weighted by molar-refractivity contribution is 0.0505. The largest absolute Gasteiger partial charge is 0.494 e. The third-order valence-corrected chi connectivity index (χ3v) is 3.82. The number of hydrogen-bond acceptors (Lipinski definition) is 5. The lowest BCUT2D eigenvalue weighted by atomic mass is 10.2. The maximum atomic E-state index is 12.4. The molecule has 2 aromatic rings. The molecule has 0 aliphatic carbocycles. The average molecular weight is 401 g/mol. The van der Waals surface area contributed by atoms with Crippen LogP contribution in [0.25, 0.3) is 0 Å². The summed E-state index contributed by atoms with van der Waals surface area (Å²) in [5.74, 6) is -0.0624. The lowest BCUT2D eigenvalue weighted by Crippen LogP contribution is -2.34. The fourth-order valence-electron chi connectivity index (χ4n) is 2.25. The molecule has 28 heavy (non-hydrogen) atoms. The highest BCUT2D eigenvalue weighted by atomic mass is 32.1. The van der Waals surface area contributed by atoms with Gasteiger partial charge >= 0.3 is 5.97 Å². The van der Waals surface area contributed by atoms with E-state index >= 15 is 0 Å². The van der Waals surface area contributed by atoms with Gasteiger partial charge in [0.05, 0.1) is 18.8 Å². The molecule has 0 atom stereocenters. The SMILES string of the molecule is CCCOC(=O)c1ccc(NC(=S)NC(=O)c2cccc(OCCC)c2)cc1. The number of carbonyl (C=O) groups excluding carboxylic acids is 2. The molecule has 0 unspecified atom stereocenters. The van der Waals surface area contributed by atoms with Gasteiger partial charge in [-0.3, -0.25) is 10.1 Å². The first-order valence-corrected chi connectivity index (χ1v) is 9.56. The van der Waals surface area contributed by atoms with Crippen LogP contribution in [0.3, 0.4) is 0 Å². The van der Waals surface area contributed by atoms with E-state index in [1.54, 1.807) is 48.5 Å². The summed E-state index contributed by atoms with van der Waals surface area (Å²) in [4.78, 5) is 24.2. The van der Waals surface area contributed by atoms with Crippen LogP contribution in [0.4, 0.5) is 5.69 Å². The summed E-state index contributed by atoms with van der Waals surface area (Å²) >= 11 is 5.19. The van der Waals surface area contributed by atoms with Crippen molar-refractivity contribution in [2.75, 3.05) is 18.5 Å². The summed E-state index contributed by atoms with van der Waals surface area (Å²) in [6.45, 7) is 4.93. The minimum absolute atomic E-state index is 0.159. The number of amides is 1. The molecule has 2 rings (SSSR count). The Labute approximate surface area is 170 Å². The van der Waals surface area contributed by atoms with Crippen LogP contribution in [0.5, 0.6) is 5.75 Å². The molecular formula is C21H24N2O4S. The fraction of sp³-hybridized carbons (Fsp3) is 0.286. The van der Waals surface area contributed by atoms with E-state index in [1.165, 1.54) is 0 Å². The van der Waals surface area contributed by atoms with Crippen molar-refractivity contribution in [2.24, 2.45) is 0 Å². The van der Waals surface area contributed by atoms with Crippen molar-refractivity contribution >= 4 is 34.9 Å². The Morgan fingerprint density at radius 1 is 0.964 bits per heavy atom. The normalized spacial score (nSPS) is 10.1. The van der Waals surface area contributed by atoms with E-state index in [2.05, 4.69) is 10.6 Å². The Hall–Kier alpha value is -2.93. The highest BCUT2D eigenvalue weighted by Gasteiger charge is 2.10. The molecular weight excluding hydrogens is 376 g/mol. The minimum atomic E-state index is -0.366. The van der Waals surface area contributed by atoms with Gasteiger partial charge in [0.15, 0.2) is 5.11 Å². The van der Waals surface area contributed by atoms with Gasteiger partial charge in [-0.25, -0.2) is 4.79 Å². The predicted octanol–water partition coefficient (Wildman–Crippen LogP) is 4.17. The summed E-state index contributed by atoms with van der Waals surface area (Å²) in [5, 5.41) is 5.70. The second-order valence-electron chi connectivity index (χ2n) is 6.00. The monoisotopic (exact) mass is 400 g/mol. The van der Waals surface area contributed by atoms with Gasteiger partial charge < -0.3 is 14.8 Å². The molecule has 0 heterocycles. The Morgan fingerprint density at radius 3 is 2.36 bits per heavy atom. The van der Waals surface area contributed by atoms with Gasteiger partial charge in [0.25, 0.3) is 5.91 Å². The number of esters is 1. The molecule has 0 saturated carbocycles. The Kier molecular flexibility index (Phi) is 8.42. The maximum Gasteiger partial charge on any atom is 0.338 e. The van der Waals surface area contributed by atoms with Crippen LogP contribution in [0.15, 0.2) is 48.5 Å². The molecule has 0 fully saturated rings. The summed E-state index contributed by atoms with van der Waals surface area (Å²) < 4.78 is 10.6. The third-order valence-electron chi connectivity index (χ3n) is 3.61. The van der Waals surface area contributed by atoms with Gasteiger partial charge in [-0.05, 0) is 67.5 Å². The number of anilines is 1. The van der Waals surface area contributed by atoms with Gasteiger partial charge in [0, 0.05) is 11.3 Å². The Balaban J connectivity index is 1.91. The molecule has 0 aliphatic rings. The second-order valence-corrected chi connectivity index (χ2v) is 6.41. The average Bonchev–Trinajstić information content (AvgIpc) is 2.71. The highest BCUT2D eigenvalue weighted by molar-refractivity contribution is 7.80. The zero-order valence-electron chi connectivity index (χ0n) is 16.0. The zero-order valence-corrected chi connectivity index (χ0v) is 16.8. The smallest absolute Gasteiger partial charge is 0.338 e. The number of carbonyl (C=O) groups is 2. The van der Waals surface area contributed by atoms with E-state index in [0.717, 1.165) is 12.8 Å². The lowest BCUT2D eigenvalue weighted by Gasteiger charge is -2.11. The zero-order chi connectivity index (χ0) is 20.4. The van der Waals surface area contributed by atoms with E-state index in [4.69, 9.17) is 21.7 Å². The first-order chi connectivity index (χ1) is 13.5. The molecule has 0 radical (unpaired) electrons. The molecule has 0 bridgehead atoms. The second kappa shape index (κ2) is 11.0. The Bertz CT molecular complexity index is 821. The number of thiocarbonyl (C=S) groups is 1. The van der Waals surface area contributed by atoms with Crippen LogP contribution >= 0.6 is 12.2 Å². The molecule has 0 spiro atoms. The maximum absolute atomic E-state index is 12.4. The number of rotatable bonds is 8. The van der Waals surface area contributed by atoms with Crippen LogP contribution < -0.4 is 15.4 Å². The van der Waals surface area contributed by atoms with E-state index in [-0.39, 0.29) is 17.0 Å². The van der Waals surface area contributed by atoms with Crippen molar-refractivity contribution in [1.82, 2.24) is 5.32 Å². The summed E-state index contributed by atoms with van der Waals surface area (Å²) in [6.07, 6.45) is 1.66. The van der Waals surface area contributed by atoms with Gasteiger partial charge in [-0.15, -0.1) is 0 Å². The number of benzene rings is 2. The van der Waals surface area contributed by atoms with Crippen molar-refractivity contribution in [1.29, 1.82) is 0 Å². The molecule has 0 aliphatic heterocycles. The van der Waals surface area contributed by atoms with Crippen molar-refractivity contribution in [3.05, 3.63) is 59.7 Å². The van der Waals surface area contributed by atoms with Gasteiger partial charge in [-0.2, -0.15) is 0 Å².